The largest absolute Gasteiger partial charge is 0.477 e. The number of methoxy groups -OCH3 is 1. The SMILES string of the molecule is COCCOCCCOc1ccc(CNC2CC2)nn1. The zero-order chi connectivity index (χ0) is 14.0. The number of hydrogen-bond acceptors (Lipinski definition) is 6. The van der Waals surface area contributed by atoms with Crippen molar-refractivity contribution in [1.29, 1.82) is 0 Å². The average molecular weight is 281 g/mol. The van der Waals surface area contributed by atoms with Crippen LogP contribution < -0.4 is 10.1 Å². The van der Waals surface area contributed by atoms with Crippen molar-refractivity contribution in [2.75, 3.05) is 33.5 Å². The van der Waals surface area contributed by atoms with Crippen LogP contribution in [-0.4, -0.2) is 49.8 Å². The molecule has 1 N–H and O–H groups in total. The van der Waals surface area contributed by atoms with Gasteiger partial charge in [0, 0.05) is 38.8 Å². The Kier molecular flexibility index (Phi) is 6.70. The van der Waals surface area contributed by atoms with E-state index in [4.69, 9.17) is 14.2 Å². The summed E-state index contributed by atoms with van der Waals surface area (Å²) in [4.78, 5) is 0. The second kappa shape index (κ2) is 8.84. The van der Waals surface area contributed by atoms with Crippen molar-refractivity contribution in [3.05, 3.63) is 17.8 Å². The summed E-state index contributed by atoms with van der Waals surface area (Å²) in [7, 11) is 1.66. The van der Waals surface area contributed by atoms with Gasteiger partial charge in [0.2, 0.25) is 5.88 Å². The molecule has 0 bridgehead atoms. The van der Waals surface area contributed by atoms with Gasteiger partial charge in [0.15, 0.2) is 0 Å². The van der Waals surface area contributed by atoms with Crippen molar-refractivity contribution >= 4 is 0 Å². The highest BCUT2D eigenvalue weighted by Gasteiger charge is 2.20. The molecule has 1 aromatic heterocycles. The zero-order valence-corrected chi connectivity index (χ0v) is 12.0. The zero-order valence-electron chi connectivity index (χ0n) is 12.0. The first-order valence-electron chi connectivity index (χ1n) is 7.14. The first kappa shape index (κ1) is 15.2. The van der Waals surface area contributed by atoms with Crippen LogP contribution in [0.25, 0.3) is 0 Å². The van der Waals surface area contributed by atoms with E-state index in [1.165, 1.54) is 12.8 Å². The molecule has 0 amide bonds. The fourth-order valence-corrected chi connectivity index (χ4v) is 1.64. The minimum Gasteiger partial charge on any atom is -0.477 e. The van der Waals surface area contributed by atoms with E-state index >= 15 is 0 Å². The molecule has 0 unspecified atom stereocenters. The van der Waals surface area contributed by atoms with Crippen LogP contribution in [0.15, 0.2) is 12.1 Å². The first-order valence-corrected chi connectivity index (χ1v) is 7.14. The summed E-state index contributed by atoms with van der Waals surface area (Å²) in [6, 6.07) is 4.50. The van der Waals surface area contributed by atoms with Gasteiger partial charge < -0.3 is 19.5 Å². The summed E-state index contributed by atoms with van der Waals surface area (Å²) < 4.78 is 15.7. The maximum Gasteiger partial charge on any atom is 0.233 e. The van der Waals surface area contributed by atoms with Crippen LogP contribution in [0.4, 0.5) is 0 Å². The van der Waals surface area contributed by atoms with Crippen LogP contribution in [0, 0.1) is 0 Å². The number of rotatable bonds is 11. The molecule has 0 aliphatic heterocycles. The fourth-order valence-electron chi connectivity index (χ4n) is 1.64. The molecule has 1 aromatic rings. The Labute approximate surface area is 119 Å². The number of nitrogens with one attached hydrogen (secondary N) is 1. The van der Waals surface area contributed by atoms with Gasteiger partial charge in [-0.1, -0.05) is 0 Å². The summed E-state index contributed by atoms with van der Waals surface area (Å²) in [6.45, 7) is 3.29. The van der Waals surface area contributed by atoms with E-state index < -0.39 is 0 Å². The Morgan fingerprint density at radius 3 is 2.75 bits per heavy atom. The van der Waals surface area contributed by atoms with E-state index in [-0.39, 0.29) is 0 Å². The predicted octanol–water partition coefficient (Wildman–Crippen LogP) is 1.16. The van der Waals surface area contributed by atoms with Gasteiger partial charge in [-0.15, -0.1) is 5.10 Å². The van der Waals surface area contributed by atoms with E-state index in [0.717, 1.165) is 18.7 Å². The van der Waals surface area contributed by atoms with E-state index in [2.05, 4.69) is 15.5 Å². The van der Waals surface area contributed by atoms with Gasteiger partial charge in [0.25, 0.3) is 0 Å². The summed E-state index contributed by atoms with van der Waals surface area (Å²) >= 11 is 0. The van der Waals surface area contributed by atoms with Gasteiger partial charge in [-0.3, -0.25) is 0 Å². The number of hydrogen-bond donors (Lipinski definition) is 1. The Morgan fingerprint density at radius 2 is 2.05 bits per heavy atom. The second-order valence-electron chi connectivity index (χ2n) is 4.83. The summed E-state index contributed by atoms with van der Waals surface area (Å²) in [6.07, 6.45) is 3.39. The molecule has 1 aliphatic carbocycles. The lowest BCUT2D eigenvalue weighted by Crippen LogP contribution is -2.16. The molecular weight excluding hydrogens is 258 g/mol. The van der Waals surface area contributed by atoms with Gasteiger partial charge in [0.1, 0.15) is 0 Å². The van der Waals surface area contributed by atoms with Crippen LogP contribution in [-0.2, 0) is 16.0 Å². The second-order valence-corrected chi connectivity index (χ2v) is 4.83. The Balaban J connectivity index is 1.53. The predicted molar refractivity (Wildman–Crippen MR) is 74.7 cm³/mol. The number of aromatic nitrogens is 2. The van der Waals surface area contributed by atoms with Gasteiger partial charge in [0.05, 0.1) is 25.5 Å². The van der Waals surface area contributed by atoms with Crippen molar-refractivity contribution in [2.45, 2.75) is 31.8 Å². The van der Waals surface area contributed by atoms with Gasteiger partial charge >= 0.3 is 0 Å². The van der Waals surface area contributed by atoms with Crippen LogP contribution in [0.3, 0.4) is 0 Å². The molecule has 0 radical (unpaired) electrons. The molecule has 0 saturated heterocycles. The molecule has 0 aromatic carbocycles. The molecule has 1 heterocycles. The molecule has 1 aliphatic rings. The van der Waals surface area contributed by atoms with Gasteiger partial charge in [-0.05, 0) is 18.9 Å². The monoisotopic (exact) mass is 281 g/mol. The van der Waals surface area contributed by atoms with Gasteiger partial charge in [-0.25, -0.2) is 0 Å². The van der Waals surface area contributed by atoms with Gasteiger partial charge in [-0.2, -0.15) is 5.10 Å². The lowest BCUT2D eigenvalue weighted by atomic mass is 10.4. The quantitative estimate of drug-likeness (QED) is 0.614. The highest BCUT2D eigenvalue weighted by Crippen LogP contribution is 2.19. The molecular formula is C14H23N3O3. The maximum atomic E-state index is 5.50. The van der Waals surface area contributed by atoms with Crippen LogP contribution in [0.2, 0.25) is 0 Å². The molecule has 1 fully saturated rings. The van der Waals surface area contributed by atoms with Crippen LogP contribution in [0.1, 0.15) is 25.0 Å². The lowest BCUT2D eigenvalue weighted by Gasteiger charge is -2.06. The van der Waals surface area contributed by atoms with Crippen molar-refractivity contribution in [1.82, 2.24) is 15.5 Å². The van der Waals surface area contributed by atoms with Crippen molar-refractivity contribution in [3.8, 4) is 5.88 Å². The van der Waals surface area contributed by atoms with E-state index in [0.29, 0.717) is 38.3 Å². The minimum atomic E-state index is 0.567. The summed E-state index contributed by atoms with van der Waals surface area (Å²) in [5, 5.41) is 11.6. The number of ether oxygens (including phenoxy) is 3. The van der Waals surface area contributed by atoms with E-state index in [9.17, 15) is 0 Å². The summed E-state index contributed by atoms with van der Waals surface area (Å²) in [5.41, 5.74) is 0.951. The smallest absolute Gasteiger partial charge is 0.233 e. The minimum absolute atomic E-state index is 0.567. The molecule has 6 nitrogen and oxygen atoms in total. The topological polar surface area (TPSA) is 65.5 Å². The van der Waals surface area contributed by atoms with E-state index in [1.807, 2.05) is 12.1 Å². The molecule has 20 heavy (non-hydrogen) atoms. The van der Waals surface area contributed by atoms with Crippen LogP contribution >= 0.6 is 0 Å². The molecule has 0 atom stereocenters. The molecule has 2 rings (SSSR count). The third-order valence-corrected chi connectivity index (χ3v) is 2.96. The highest BCUT2D eigenvalue weighted by atomic mass is 16.5. The number of nitrogens with zero attached hydrogens (tertiary/aromatic N) is 2. The van der Waals surface area contributed by atoms with Crippen molar-refractivity contribution in [2.24, 2.45) is 0 Å². The third kappa shape index (κ3) is 6.27. The van der Waals surface area contributed by atoms with Crippen LogP contribution in [0.5, 0.6) is 5.88 Å². The summed E-state index contributed by atoms with van der Waals surface area (Å²) in [5.74, 6) is 0.567. The maximum absolute atomic E-state index is 5.50. The molecule has 6 heteroatoms. The van der Waals surface area contributed by atoms with E-state index in [1.54, 1.807) is 7.11 Å². The standard InChI is InChI=1S/C14H23N3O3/c1-18-9-10-19-7-2-8-20-14-6-5-13(16-17-14)11-15-12-3-4-12/h5-6,12,15H,2-4,7-11H2,1H3. The fraction of sp³-hybridized carbons (Fsp3) is 0.714. The molecule has 112 valence electrons. The Bertz CT molecular complexity index is 368. The Morgan fingerprint density at radius 1 is 1.15 bits per heavy atom. The van der Waals surface area contributed by atoms with Crippen molar-refractivity contribution < 1.29 is 14.2 Å². The third-order valence-electron chi connectivity index (χ3n) is 2.96. The van der Waals surface area contributed by atoms with Crippen molar-refractivity contribution in [3.63, 3.8) is 0 Å². The highest BCUT2D eigenvalue weighted by molar-refractivity contribution is 5.11. The first-order chi connectivity index (χ1) is 9.88. The molecule has 1 saturated carbocycles. The normalized spacial score (nSPS) is 14.4. The Hall–Kier alpha value is -1.24. The average Bonchev–Trinajstić information content (AvgIpc) is 3.30. The molecule has 0 spiro atoms. The lowest BCUT2D eigenvalue weighted by molar-refractivity contribution is 0.0641.